The molecule has 15 heavy (non-hydrogen) atoms. The topological polar surface area (TPSA) is 0 Å². The van der Waals surface area contributed by atoms with Gasteiger partial charge in [0, 0.05) is 0 Å². The molecule has 0 amide bonds. The molecule has 0 aliphatic carbocycles. The fraction of sp³-hybridized carbons (Fsp3) is 0.0833. The molecule has 2 aromatic heterocycles. The number of hydrogen-bond donors (Lipinski definition) is 0. The van der Waals surface area contributed by atoms with Crippen LogP contribution < -0.4 is 0 Å². The molecular formula is C12H9S3+. The maximum Gasteiger partial charge on any atom is 0.244 e. The standard InChI is InChI=1S/C12H9S3/c1-3-9(13-7-1)11-5-6-12(15-11)10-4-2-8-14-10/h1-5,7-8H,6H2/q+1. The fourth-order valence-corrected chi connectivity index (χ4v) is 4.37. The normalized spacial score (nSPS) is 15.2. The Bertz CT molecular complexity index is 501. The van der Waals surface area contributed by atoms with E-state index in [2.05, 4.69) is 41.1 Å². The minimum Gasteiger partial charge on any atom is -0.139 e. The summed E-state index contributed by atoms with van der Waals surface area (Å²) in [5.74, 6) is 0. The van der Waals surface area contributed by atoms with E-state index in [0.29, 0.717) is 0 Å². The van der Waals surface area contributed by atoms with Crippen LogP contribution in [0.5, 0.6) is 0 Å². The molecular weight excluding hydrogens is 240 g/mol. The van der Waals surface area contributed by atoms with Gasteiger partial charge in [-0.05, 0) is 29.0 Å². The lowest BCUT2D eigenvalue weighted by Crippen LogP contribution is -1.92. The van der Waals surface area contributed by atoms with Crippen molar-refractivity contribution in [3.05, 3.63) is 50.9 Å². The molecule has 0 N–H and O–H groups in total. The first kappa shape index (κ1) is 9.46. The van der Waals surface area contributed by atoms with Gasteiger partial charge in [0.15, 0.2) is 0 Å². The van der Waals surface area contributed by atoms with Crippen LogP contribution in [0.15, 0.2) is 41.1 Å². The molecule has 0 radical (unpaired) electrons. The van der Waals surface area contributed by atoms with Crippen molar-refractivity contribution in [3.8, 4) is 0 Å². The highest BCUT2D eigenvalue weighted by Crippen LogP contribution is 2.27. The van der Waals surface area contributed by atoms with Gasteiger partial charge in [0.05, 0.1) is 16.2 Å². The van der Waals surface area contributed by atoms with E-state index in [4.69, 9.17) is 0 Å². The summed E-state index contributed by atoms with van der Waals surface area (Å²) in [6.07, 6.45) is 3.43. The van der Waals surface area contributed by atoms with Gasteiger partial charge in [0.1, 0.15) is 0 Å². The smallest absolute Gasteiger partial charge is 0.139 e. The Balaban J connectivity index is 1.92. The molecule has 1 aliphatic rings. The summed E-state index contributed by atoms with van der Waals surface area (Å²) in [5.41, 5.74) is 0. The van der Waals surface area contributed by atoms with E-state index in [9.17, 15) is 0 Å². The van der Waals surface area contributed by atoms with Crippen LogP contribution in [0.1, 0.15) is 16.2 Å². The van der Waals surface area contributed by atoms with Crippen LogP contribution >= 0.6 is 22.7 Å². The van der Waals surface area contributed by atoms with Crippen LogP contribution in [0.4, 0.5) is 0 Å². The van der Waals surface area contributed by atoms with Crippen molar-refractivity contribution in [2.75, 3.05) is 0 Å². The minimum atomic E-state index is 1.10. The van der Waals surface area contributed by atoms with Gasteiger partial charge in [0.25, 0.3) is 0 Å². The molecule has 0 saturated carbocycles. The highest BCUT2D eigenvalue weighted by molar-refractivity contribution is 7.89. The van der Waals surface area contributed by atoms with Gasteiger partial charge in [-0.15, -0.1) is 22.7 Å². The Kier molecular flexibility index (Phi) is 2.52. The Morgan fingerprint density at radius 2 is 1.73 bits per heavy atom. The van der Waals surface area contributed by atoms with Crippen LogP contribution in [-0.2, 0) is 11.4 Å². The molecule has 0 saturated heterocycles. The van der Waals surface area contributed by atoms with Gasteiger partial charge in [-0.25, -0.2) is 0 Å². The van der Waals surface area contributed by atoms with Gasteiger partial charge in [0.2, 0.25) is 21.1 Å². The molecule has 0 aromatic carbocycles. The summed E-state index contributed by atoms with van der Waals surface area (Å²) in [6.45, 7) is 0. The van der Waals surface area contributed by atoms with E-state index in [1.807, 2.05) is 34.0 Å². The zero-order valence-corrected chi connectivity index (χ0v) is 10.4. The summed E-state index contributed by atoms with van der Waals surface area (Å²) >= 11 is 5.58. The molecule has 0 atom stereocenters. The van der Waals surface area contributed by atoms with Crippen molar-refractivity contribution in [2.24, 2.45) is 0 Å². The monoisotopic (exact) mass is 249 g/mol. The number of allylic oxidation sites excluding steroid dienone is 1. The molecule has 3 heteroatoms. The second-order valence-electron chi connectivity index (χ2n) is 3.25. The fourth-order valence-electron chi connectivity index (χ4n) is 1.56. The molecule has 2 aromatic rings. The summed E-state index contributed by atoms with van der Waals surface area (Å²) in [5, 5.41) is 4.28. The van der Waals surface area contributed by atoms with E-state index in [0.717, 1.165) is 6.42 Å². The molecule has 0 fully saturated rings. The predicted octanol–water partition coefficient (Wildman–Crippen LogP) is 3.86. The van der Waals surface area contributed by atoms with Crippen LogP contribution in [0, 0.1) is 0 Å². The van der Waals surface area contributed by atoms with Gasteiger partial charge in [-0.1, -0.05) is 12.1 Å². The van der Waals surface area contributed by atoms with Gasteiger partial charge in [-0.2, -0.15) is 0 Å². The lowest BCUT2D eigenvalue weighted by molar-refractivity contribution is 1.55. The van der Waals surface area contributed by atoms with Crippen molar-refractivity contribution in [2.45, 2.75) is 6.42 Å². The van der Waals surface area contributed by atoms with E-state index in [-0.39, 0.29) is 0 Å². The summed E-state index contributed by atoms with van der Waals surface area (Å²) in [7, 11) is 0. The Morgan fingerprint density at radius 3 is 2.40 bits per heavy atom. The van der Waals surface area contributed by atoms with E-state index >= 15 is 0 Å². The Labute approximate surface area is 101 Å². The summed E-state index contributed by atoms with van der Waals surface area (Å²) in [4.78, 5) is 5.73. The molecule has 0 unspecified atom stereocenters. The first-order valence-electron chi connectivity index (χ1n) is 4.75. The van der Waals surface area contributed by atoms with E-state index < -0.39 is 0 Å². The summed E-state index contributed by atoms with van der Waals surface area (Å²) in [6, 6.07) is 8.64. The molecule has 0 bridgehead atoms. The largest absolute Gasteiger partial charge is 0.244 e. The molecule has 0 spiro atoms. The van der Waals surface area contributed by atoms with Gasteiger partial charge < -0.3 is 0 Å². The zero-order valence-electron chi connectivity index (χ0n) is 7.97. The second-order valence-corrected chi connectivity index (χ2v) is 6.28. The Hall–Kier alpha value is -0.770. The lowest BCUT2D eigenvalue weighted by atomic mass is 10.2. The van der Waals surface area contributed by atoms with Crippen LogP contribution in [0.3, 0.4) is 0 Å². The third-order valence-corrected chi connectivity index (χ3v) is 5.60. The minimum absolute atomic E-state index is 1.10. The van der Waals surface area contributed by atoms with Crippen molar-refractivity contribution in [3.63, 3.8) is 0 Å². The maximum absolute atomic E-state index is 2.34. The molecule has 74 valence electrons. The maximum atomic E-state index is 2.34. The van der Waals surface area contributed by atoms with Crippen LogP contribution in [0.2, 0.25) is 0 Å². The van der Waals surface area contributed by atoms with Gasteiger partial charge >= 0.3 is 0 Å². The van der Waals surface area contributed by atoms with E-state index in [1.165, 1.54) is 19.5 Å². The van der Waals surface area contributed by atoms with Crippen molar-refractivity contribution >= 4 is 43.8 Å². The Morgan fingerprint density at radius 1 is 1.00 bits per heavy atom. The average molecular weight is 249 g/mol. The third kappa shape index (κ3) is 1.83. The van der Waals surface area contributed by atoms with Crippen molar-refractivity contribution in [1.29, 1.82) is 0 Å². The second kappa shape index (κ2) is 4.00. The van der Waals surface area contributed by atoms with Crippen molar-refractivity contribution in [1.82, 2.24) is 0 Å². The van der Waals surface area contributed by atoms with Crippen LogP contribution in [0.25, 0.3) is 4.91 Å². The number of rotatable bonds is 2. The van der Waals surface area contributed by atoms with Crippen LogP contribution in [-0.4, -0.2) is 4.86 Å². The number of hydrogen-bond acceptors (Lipinski definition) is 2. The first-order chi connectivity index (χ1) is 7.43. The van der Waals surface area contributed by atoms with Crippen molar-refractivity contribution < 1.29 is 0 Å². The SMILES string of the molecule is C1=C(c2cccs2)[S+]=C(c2cccs2)C1. The zero-order chi connectivity index (χ0) is 10.1. The molecule has 3 rings (SSSR count). The number of thiophene rings is 2. The molecule has 0 nitrogen and oxygen atoms in total. The molecule has 3 heterocycles. The molecule has 1 aliphatic heterocycles. The summed E-state index contributed by atoms with van der Waals surface area (Å²) < 4.78 is 0. The van der Waals surface area contributed by atoms with E-state index in [1.54, 1.807) is 0 Å². The lowest BCUT2D eigenvalue weighted by Gasteiger charge is -1.81. The first-order valence-corrected chi connectivity index (χ1v) is 7.32. The predicted molar refractivity (Wildman–Crippen MR) is 72.7 cm³/mol. The highest BCUT2D eigenvalue weighted by atomic mass is 32.1. The quantitative estimate of drug-likeness (QED) is 0.560. The third-order valence-electron chi connectivity index (χ3n) is 2.27. The van der Waals surface area contributed by atoms with Gasteiger partial charge in [-0.3, -0.25) is 0 Å². The average Bonchev–Trinajstić information content (AvgIpc) is 3.02. The highest BCUT2D eigenvalue weighted by Gasteiger charge is 2.26.